The van der Waals surface area contributed by atoms with E-state index in [4.69, 9.17) is 9.57 Å². The summed E-state index contributed by atoms with van der Waals surface area (Å²) in [4.78, 5) is 16.9. The normalized spacial score (nSPS) is 11.1. The van der Waals surface area contributed by atoms with Gasteiger partial charge < -0.3 is 14.9 Å². The number of likely N-dealkylation sites (N-methyl/N-ethyl adjacent to an activating group) is 1. The van der Waals surface area contributed by atoms with Gasteiger partial charge in [0.1, 0.15) is 19.5 Å². The van der Waals surface area contributed by atoms with Crippen LogP contribution in [0.4, 0.5) is 0 Å². The minimum absolute atomic E-state index is 0.223. The van der Waals surface area contributed by atoms with E-state index in [2.05, 4.69) is 10.5 Å². The zero-order valence-electron chi connectivity index (χ0n) is 14.4. The highest BCUT2D eigenvalue weighted by Gasteiger charge is 2.17. The number of nitrogens with one attached hydrogen (secondary N) is 1. The first kappa shape index (κ1) is 17.5. The third-order valence-electron chi connectivity index (χ3n) is 3.68. The molecule has 2 aromatic carbocycles. The summed E-state index contributed by atoms with van der Waals surface area (Å²) in [5, 5.41) is 6.44. The lowest BCUT2D eigenvalue weighted by Gasteiger charge is -2.14. The molecule has 0 fully saturated rings. The van der Waals surface area contributed by atoms with Gasteiger partial charge in [0.05, 0.1) is 0 Å². The lowest BCUT2D eigenvalue weighted by atomic mass is 10.0. The average molecular weight is 326 g/mol. The summed E-state index contributed by atoms with van der Waals surface area (Å²) < 4.78 is 6.01. The Kier molecular flexibility index (Phi) is 5.95. The minimum atomic E-state index is -0.309. The van der Waals surface area contributed by atoms with Crippen molar-refractivity contribution in [2.75, 3.05) is 14.2 Å². The second kappa shape index (κ2) is 8.15. The molecule has 0 aliphatic carbocycles. The first-order chi connectivity index (χ1) is 11.6. The number of para-hydroxylation sites is 1. The van der Waals surface area contributed by atoms with Crippen molar-refractivity contribution < 1.29 is 14.4 Å². The van der Waals surface area contributed by atoms with Gasteiger partial charge in [-0.3, -0.25) is 4.79 Å². The summed E-state index contributed by atoms with van der Waals surface area (Å²) >= 11 is 0. The van der Waals surface area contributed by atoms with Gasteiger partial charge in [-0.1, -0.05) is 47.6 Å². The number of hydrogen-bond acceptors (Lipinski definition) is 4. The molecule has 1 amide bonds. The summed E-state index contributed by atoms with van der Waals surface area (Å²) in [6.07, 6.45) is 0. The molecule has 0 radical (unpaired) electrons. The van der Waals surface area contributed by atoms with E-state index in [0.717, 1.165) is 22.4 Å². The molecule has 0 saturated heterocycles. The summed E-state index contributed by atoms with van der Waals surface area (Å²) in [5.41, 5.74) is 3.92. The van der Waals surface area contributed by atoms with Crippen LogP contribution in [0.3, 0.4) is 0 Å². The molecule has 0 unspecified atom stereocenters. The molecule has 0 aliphatic rings. The van der Waals surface area contributed by atoms with Crippen LogP contribution in [-0.2, 0) is 16.2 Å². The Hall–Kier alpha value is -2.82. The third kappa shape index (κ3) is 3.93. The van der Waals surface area contributed by atoms with Crippen molar-refractivity contribution in [3.05, 3.63) is 64.7 Å². The van der Waals surface area contributed by atoms with E-state index in [-0.39, 0.29) is 11.6 Å². The molecular weight excluding hydrogens is 304 g/mol. The summed E-state index contributed by atoms with van der Waals surface area (Å²) in [5.74, 6) is 0.550. The molecule has 0 spiro atoms. The number of ether oxygens (including phenoxy) is 1. The first-order valence-electron chi connectivity index (χ1n) is 7.69. The Morgan fingerprint density at radius 2 is 1.75 bits per heavy atom. The molecule has 0 bridgehead atoms. The van der Waals surface area contributed by atoms with Gasteiger partial charge >= 0.3 is 0 Å². The minimum Gasteiger partial charge on any atom is -0.488 e. The molecule has 126 valence electrons. The summed E-state index contributed by atoms with van der Waals surface area (Å²) in [7, 11) is 2.97. The van der Waals surface area contributed by atoms with Crippen molar-refractivity contribution in [1.29, 1.82) is 0 Å². The van der Waals surface area contributed by atoms with E-state index < -0.39 is 0 Å². The maximum Gasteiger partial charge on any atom is 0.273 e. The fraction of sp³-hybridized carbons (Fsp3) is 0.263. The number of hydrogen-bond donors (Lipinski definition) is 1. The maximum atomic E-state index is 12.1. The molecule has 1 N–H and O–H groups in total. The van der Waals surface area contributed by atoms with Gasteiger partial charge in [-0.25, -0.2) is 0 Å². The van der Waals surface area contributed by atoms with E-state index in [1.807, 2.05) is 56.3 Å². The molecule has 0 saturated carbocycles. The van der Waals surface area contributed by atoms with E-state index in [9.17, 15) is 4.79 Å². The number of benzene rings is 2. The fourth-order valence-corrected chi connectivity index (χ4v) is 2.48. The predicted molar refractivity (Wildman–Crippen MR) is 94.3 cm³/mol. The van der Waals surface area contributed by atoms with Crippen LogP contribution in [0.2, 0.25) is 0 Å². The summed E-state index contributed by atoms with van der Waals surface area (Å²) in [6, 6.07) is 13.5. The largest absolute Gasteiger partial charge is 0.488 e. The highest BCUT2D eigenvalue weighted by Crippen LogP contribution is 2.24. The van der Waals surface area contributed by atoms with Crippen molar-refractivity contribution in [3.8, 4) is 5.75 Å². The van der Waals surface area contributed by atoms with Crippen LogP contribution >= 0.6 is 0 Å². The Morgan fingerprint density at radius 1 is 1.08 bits per heavy atom. The van der Waals surface area contributed by atoms with Crippen LogP contribution in [0.15, 0.2) is 47.6 Å². The van der Waals surface area contributed by atoms with Gasteiger partial charge in [0.15, 0.2) is 5.71 Å². The highest BCUT2D eigenvalue weighted by molar-refractivity contribution is 6.45. The van der Waals surface area contributed by atoms with E-state index in [0.29, 0.717) is 12.2 Å². The number of carbonyl (C=O) groups excluding carboxylic acids is 1. The second-order valence-electron chi connectivity index (χ2n) is 5.37. The van der Waals surface area contributed by atoms with E-state index >= 15 is 0 Å². The monoisotopic (exact) mass is 326 g/mol. The zero-order chi connectivity index (χ0) is 17.5. The molecule has 0 heterocycles. The van der Waals surface area contributed by atoms with Crippen LogP contribution in [0.5, 0.6) is 5.75 Å². The molecule has 2 aromatic rings. The average Bonchev–Trinajstić information content (AvgIpc) is 2.59. The SMILES string of the molecule is CNC(=O)/C(=N/OC)c1ccccc1COc1c(C)cccc1C. The van der Waals surface area contributed by atoms with E-state index in [1.165, 1.54) is 7.11 Å². The molecule has 2 rings (SSSR count). The number of oxime groups is 1. The predicted octanol–water partition coefficient (Wildman–Crippen LogP) is 2.98. The van der Waals surface area contributed by atoms with Crippen molar-refractivity contribution >= 4 is 11.6 Å². The van der Waals surface area contributed by atoms with Crippen molar-refractivity contribution in [1.82, 2.24) is 5.32 Å². The lowest BCUT2D eigenvalue weighted by Crippen LogP contribution is -2.29. The standard InChI is InChI=1S/C19H22N2O3/c1-13-8-7-9-14(2)18(13)24-12-15-10-5-6-11-16(15)17(21-23-4)19(22)20-3/h5-11H,12H2,1-4H3,(H,20,22)/b21-17+. The third-order valence-corrected chi connectivity index (χ3v) is 3.68. The first-order valence-corrected chi connectivity index (χ1v) is 7.69. The van der Waals surface area contributed by atoms with Crippen LogP contribution in [-0.4, -0.2) is 25.8 Å². The fourth-order valence-electron chi connectivity index (χ4n) is 2.48. The van der Waals surface area contributed by atoms with Gasteiger partial charge in [-0.05, 0) is 30.5 Å². The van der Waals surface area contributed by atoms with Gasteiger partial charge in [0.2, 0.25) is 0 Å². The van der Waals surface area contributed by atoms with Gasteiger partial charge in [0, 0.05) is 12.6 Å². The lowest BCUT2D eigenvalue weighted by molar-refractivity contribution is -0.114. The van der Waals surface area contributed by atoms with Gasteiger partial charge in [0.25, 0.3) is 5.91 Å². The van der Waals surface area contributed by atoms with Crippen LogP contribution in [0, 0.1) is 13.8 Å². The van der Waals surface area contributed by atoms with Crippen molar-refractivity contribution in [2.24, 2.45) is 5.16 Å². The number of amides is 1. The Labute approximate surface area is 142 Å². The Balaban J connectivity index is 2.32. The zero-order valence-corrected chi connectivity index (χ0v) is 14.4. The highest BCUT2D eigenvalue weighted by atomic mass is 16.6. The van der Waals surface area contributed by atoms with E-state index in [1.54, 1.807) is 7.05 Å². The summed E-state index contributed by atoms with van der Waals surface area (Å²) in [6.45, 7) is 4.36. The van der Waals surface area contributed by atoms with Crippen LogP contribution in [0.25, 0.3) is 0 Å². The van der Waals surface area contributed by atoms with Gasteiger partial charge in [-0.2, -0.15) is 0 Å². The Morgan fingerprint density at radius 3 is 2.38 bits per heavy atom. The molecule has 0 atom stereocenters. The molecule has 0 aromatic heterocycles. The molecule has 0 aliphatic heterocycles. The molecule has 24 heavy (non-hydrogen) atoms. The van der Waals surface area contributed by atoms with Crippen LogP contribution < -0.4 is 10.1 Å². The number of rotatable bonds is 6. The smallest absolute Gasteiger partial charge is 0.273 e. The Bertz CT molecular complexity index is 734. The van der Waals surface area contributed by atoms with Crippen molar-refractivity contribution in [3.63, 3.8) is 0 Å². The van der Waals surface area contributed by atoms with Crippen LogP contribution in [0.1, 0.15) is 22.3 Å². The quantitative estimate of drug-likeness (QED) is 0.656. The van der Waals surface area contributed by atoms with Crippen molar-refractivity contribution in [2.45, 2.75) is 20.5 Å². The topological polar surface area (TPSA) is 59.9 Å². The molecular formula is C19H22N2O3. The number of aryl methyl sites for hydroxylation is 2. The van der Waals surface area contributed by atoms with Gasteiger partial charge in [-0.15, -0.1) is 0 Å². The number of nitrogens with zero attached hydrogens (tertiary/aromatic N) is 1. The molecule has 5 nitrogen and oxygen atoms in total. The number of carbonyl (C=O) groups is 1. The second-order valence-corrected chi connectivity index (χ2v) is 5.37. The maximum absolute atomic E-state index is 12.1. The molecule has 5 heteroatoms.